The highest BCUT2D eigenvalue weighted by Gasteiger charge is 2.22. The lowest BCUT2D eigenvalue weighted by Crippen LogP contribution is -2.49. The van der Waals surface area contributed by atoms with Crippen LogP contribution in [-0.4, -0.2) is 37.0 Å². The third-order valence-corrected chi connectivity index (χ3v) is 4.87. The summed E-state index contributed by atoms with van der Waals surface area (Å²) in [5.41, 5.74) is 3.70. The Morgan fingerprint density at radius 3 is 2.33 bits per heavy atom. The molecular weight excluding hydrogens is 320 g/mol. The lowest BCUT2D eigenvalue weighted by Gasteiger charge is -2.37. The van der Waals surface area contributed by atoms with E-state index < -0.39 is 0 Å². The number of hydrogen-bond acceptors (Lipinski definition) is 2. The highest BCUT2D eigenvalue weighted by atomic mass is 35.5. The van der Waals surface area contributed by atoms with Crippen LogP contribution in [0.5, 0.6) is 0 Å². The zero-order chi connectivity index (χ0) is 16.9. The second kappa shape index (κ2) is 7.71. The van der Waals surface area contributed by atoms with Gasteiger partial charge in [-0.2, -0.15) is 0 Å². The fourth-order valence-corrected chi connectivity index (χ4v) is 3.33. The molecule has 126 valence electrons. The van der Waals surface area contributed by atoms with Crippen LogP contribution in [0.3, 0.4) is 0 Å². The molecule has 0 atom stereocenters. The van der Waals surface area contributed by atoms with E-state index in [1.807, 2.05) is 29.2 Å². The van der Waals surface area contributed by atoms with Gasteiger partial charge < -0.3 is 9.80 Å². The summed E-state index contributed by atoms with van der Waals surface area (Å²) in [5.74, 6) is 0.195. The van der Waals surface area contributed by atoms with Gasteiger partial charge in [-0.05, 0) is 35.7 Å². The Labute approximate surface area is 148 Å². The molecule has 1 aliphatic heterocycles. The summed E-state index contributed by atoms with van der Waals surface area (Å²) in [6.45, 7) is 5.53. The molecule has 0 bridgehead atoms. The van der Waals surface area contributed by atoms with Crippen LogP contribution >= 0.6 is 11.6 Å². The number of carbonyl (C=O) groups excluding carboxylic acids is 1. The van der Waals surface area contributed by atoms with Gasteiger partial charge in [0.05, 0.1) is 6.42 Å². The molecule has 24 heavy (non-hydrogen) atoms. The van der Waals surface area contributed by atoms with Gasteiger partial charge in [0.1, 0.15) is 0 Å². The van der Waals surface area contributed by atoms with E-state index in [-0.39, 0.29) is 5.91 Å². The first-order chi connectivity index (χ1) is 11.7. The van der Waals surface area contributed by atoms with Crippen molar-refractivity contribution in [1.82, 2.24) is 4.90 Å². The first kappa shape index (κ1) is 16.8. The van der Waals surface area contributed by atoms with Gasteiger partial charge in [-0.3, -0.25) is 4.79 Å². The SMILES string of the molecule is CCc1ccccc1N1CCN(C(=O)Cc2ccc(Cl)cc2)CC1. The number of anilines is 1. The van der Waals surface area contributed by atoms with Crippen LogP contribution in [0.4, 0.5) is 5.69 Å². The molecule has 0 aliphatic carbocycles. The van der Waals surface area contributed by atoms with E-state index in [0.717, 1.165) is 38.2 Å². The third-order valence-electron chi connectivity index (χ3n) is 4.61. The highest BCUT2D eigenvalue weighted by Crippen LogP contribution is 2.22. The Hall–Kier alpha value is -2.00. The Morgan fingerprint density at radius 1 is 1.00 bits per heavy atom. The van der Waals surface area contributed by atoms with Gasteiger partial charge in [0.25, 0.3) is 0 Å². The van der Waals surface area contributed by atoms with E-state index in [1.165, 1.54) is 11.3 Å². The molecule has 1 fully saturated rings. The summed E-state index contributed by atoms with van der Waals surface area (Å²) in [7, 11) is 0. The summed E-state index contributed by atoms with van der Waals surface area (Å²) < 4.78 is 0. The number of piperazine rings is 1. The summed E-state index contributed by atoms with van der Waals surface area (Å²) in [6, 6.07) is 16.1. The largest absolute Gasteiger partial charge is 0.368 e. The Kier molecular flexibility index (Phi) is 5.41. The fourth-order valence-electron chi connectivity index (χ4n) is 3.20. The summed E-state index contributed by atoms with van der Waals surface area (Å²) in [6.07, 6.45) is 1.48. The van der Waals surface area contributed by atoms with E-state index >= 15 is 0 Å². The predicted molar refractivity (Wildman–Crippen MR) is 99.8 cm³/mol. The van der Waals surface area contributed by atoms with Crippen molar-refractivity contribution in [1.29, 1.82) is 0 Å². The van der Waals surface area contributed by atoms with Crippen molar-refractivity contribution < 1.29 is 4.79 Å². The van der Waals surface area contributed by atoms with Gasteiger partial charge in [-0.15, -0.1) is 0 Å². The van der Waals surface area contributed by atoms with E-state index in [4.69, 9.17) is 11.6 Å². The lowest BCUT2D eigenvalue weighted by molar-refractivity contribution is -0.130. The van der Waals surface area contributed by atoms with E-state index in [9.17, 15) is 4.79 Å². The van der Waals surface area contributed by atoms with Crippen LogP contribution in [0.2, 0.25) is 5.02 Å². The second-order valence-electron chi connectivity index (χ2n) is 6.15. The number of hydrogen-bond donors (Lipinski definition) is 0. The molecule has 4 heteroatoms. The zero-order valence-electron chi connectivity index (χ0n) is 14.0. The van der Waals surface area contributed by atoms with Crippen molar-refractivity contribution >= 4 is 23.2 Å². The molecular formula is C20H23ClN2O. The van der Waals surface area contributed by atoms with Crippen LogP contribution in [0, 0.1) is 0 Å². The fraction of sp³-hybridized carbons (Fsp3) is 0.350. The number of amides is 1. The third kappa shape index (κ3) is 3.90. The van der Waals surface area contributed by atoms with Crippen molar-refractivity contribution in [3.05, 3.63) is 64.7 Å². The quantitative estimate of drug-likeness (QED) is 0.844. The average molecular weight is 343 g/mol. The molecule has 2 aromatic rings. The summed E-state index contributed by atoms with van der Waals surface area (Å²) in [5, 5.41) is 0.703. The standard InChI is InChI=1S/C20H23ClN2O/c1-2-17-5-3-4-6-19(17)22-11-13-23(14-12-22)20(24)15-16-7-9-18(21)10-8-16/h3-10H,2,11-15H2,1H3. The Balaban J connectivity index is 1.58. The molecule has 3 nitrogen and oxygen atoms in total. The number of halogens is 1. The average Bonchev–Trinajstić information content (AvgIpc) is 2.63. The van der Waals surface area contributed by atoms with Crippen molar-refractivity contribution in [3.63, 3.8) is 0 Å². The van der Waals surface area contributed by atoms with E-state index in [1.54, 1.807) is 0 Å². The molecule has 0 aromatic heterocycles. The maximum absolute atomic E-state index is 12.5. The monoisotopic (exact) mass is 342 g/mol. The predicted octanol–water partition coefficient (Wildman–Crippen LogP) is 3.79. The Bertz CT molecular complexity index is 691. The first-order valence-corrected chi connectivity index (χ1v) is 8.90. The van der Waals surface area contributed by atoms with Crippen LogP contribution < -0.4 is 4.90 Å². The minimum Gasteiger partial charge on any atom is -0.368 e. The van der Waals surface area contributed by atoms with Crippen molar-refractivity contribution in [2.45, 2.75) is 19.8 Å². The van der Waals surface area contributed by atoms with Gasteiger partial charge in [-0.25, -0.2) is 0 Å². The number of rotatable bonds is 4. The van der Waals surface area contributed by atoms with Gasteiger partial charge >= 0.3 is 0 Å². The highest BCUT2D eigenvalue weighted by molar-refractivity contribution is 6.30. The first-order valence-electron chi connectivity index (χ1n) is 8.52. The Morgan fingerprint density at radius 2 is 1.67 bits per heavy atom. The molecule has 0 spiro atoms. The van der Waals surface area contributed by atoms with Crippen molar-refractivity contribution in [2.75, 3.05) is 31.1 Å². The number of para-hydroxylation sites is 1. The van der Waals surface area contributed by atoms with Crippen LogP contribution in [0.25, 0.3) is 0 Å². The molecule has 0 radical (unpaired) electrons. The molecule has 0 N–H and O–H groups in total. The summed E-state index contributed by atoms with van der Waals surface area (Å²) >= 11 is 5.89. The molecule has 1 aliphatic rings. The topological polar surface area (TPSA) is 23.6 Å². The molecule has 1 amide bonds. The molecule has 1 heterocycles. The van der Waals surface area contributed by atoms with Crippen LogP contribution in [0.1, 0.15) is 18.1 Å². The van der Waals surface area contributed by atoms with Gasteiger partial charge in [0.15, 0.2) is 0 Å². The number of aryl methyl sites for hydroxylation is 1. The second-order valence-corrected chi connectivity index (χ2v) is 6.59. The zero-order valence-corrected chi connectivity index (χ0v) is 14.8. The summed E-state index contributed by atoms with van der Waals surface area (Å²) in [4.78, 5) is 16.9. The van der Waals surface area contributed by atoms with E-state index in [0.29, 0.717) is 11.4 Å². The smallest absolute Gasteiger partial charge is 0.227 e. The van der Waals surface area contributed by atoms with Crippen molar-refractivity contribution in [3.8, 4) is 0 Å². The normalized spacial score (nSPS) is 14.8. The minimum absolute atomic E-state index is 0.195. The number of carbonyl (C=O) groups is 1. The minimum atomic E-state index is 0.195. The van der Waals surface area contributed by atoms with Gasteiger partial charge in [-0.1, -0.05) is 48.9 Å². The maximum atomic E-state index is 12.5. The molecule has 1 saturated heterocycles. The molecule has 0 unspecified atom stereocenters. The molecule has 3 rings (SSSR count). The van der Waals surface area contributed by atoms with Gasteiger partial charge in [0, 0.05) is 36.9 Å². The van der Waals surface area contributed by atoms with E-state index in [2.05, 4.69) is 36.1 Å². The van der Waals surface area contributed by atoms with Gasteiger partial charge in [0.2, 0.25) is 5.91 Å². The maximum Gasteiger partial charge on any atom is 0.227 e. The number of nitrogens with zero attached hydrogens (tertiary/aromatic N) is 2. The van der Waals surface area contributed by atoms with Crippen LogP contribution in [-0.2, 0) is 17.6 Å². The molecule has 2 aromatic carbocycles. The van der Waals surface area contributed by atoms with Crippen LogP contribution in [0.15, 0.2) is 48.5 Å². The van der Waals surface area contributed by atoms with Crippen molar-refractivity contribution in [2.24, 2.45) is 0 Å². The molecule has 0 saturated carbocycles. The number of benzene rings is 2. The lowest BCUT2D eigenvalue weighted by atomic mass is 10.1.